The molecule has 0 atom stereocenters. The maximum Gasteiger partial charge on any atom is 0.164 e. The molecule has 2 aromatic heterocycles. The number of pyridine rings is 1. The number of imidazole rings is 1. The summed E-state index contributed by atoms with van der Waals surface area (Å²) in [7, 11) is 0. The van der Waals surface area contributed by atoms with Crippen LogP contribution < -0.4 is 4.74 Å². The highest BCUT2D eigenvalue weighted by Gasteiger charge is 2.17. The van der Waals surface area contributed by atoms with Gasteiger partial charge in [0.25, 0.3) is 0 Å². The third-order valence-corrected chi connectivity index (χ3v) is 4.95. The SMILES string of the molecule is Cc1ccc2c(Cl)cc(Cl)c(OC/C(O)=C(\C#N)c3nc4ccccc4[nH]3)c2n1. The summed E-state index contributed by atoms with van der Waals surface area (Å²) < 4.78 is 5.75. The number of nitrogens with one attached hydrogen (secondary N) is 1. The average molecular weight is 425 g/mol. The van der Waals surface area contributed by atoms with E-state index in [-0.39, 0.29) is 34.5 Å². The zero-order chi connectivity index (χ0) is 20.5. The zero-order valence-electron chi connectivity index (χ0n) is 15.2. The minimum absolute atomic E-state index is 0.0141. The molecule has 4 aromatic rings. The summed E-state index contributed by atoms with van der Waals surface area (Å²) in [6.07, 6.45) is 0. The summed E-state index contributed by atoms with van der Waals surface area (Å²) in [6.45, 7) is 1.55. The number of allylic oxidation sites excluding steroid dienone is 1. The van der Waals surface area contributed by atoms with Gasteiger partial charge in [0.15, 0.2) is 17.3 Å². The molecule has 4 rings (SSSR count). The fourth-order valence-corrected chi connectivity index (χ4v) is 3.54. The Morgan fingerprint density at radius 1 is 1.17 bits per heavy atom. The predicted octanol–water partition coefficient (Wildman–Crippen LogP) is 5.60. The van der Waals surface area contributed by atoms with Crippen LogP contribution in [0.5, 0.6) is 5.75 Å². The Morgan fingerprint density at radius 3 is 2.72 bits per heavy atom. The Bertz CT molecular complexity index is 1290. The first-order valence-corrected chi connectivity index (χ1v) is 9.39. The van der Waals surface area contributed by atoms with Crippen LogP contribution in [0.25, 0.3) is 27.5 Å². The molecule has 0 radical (unpaired) electrons. The maximum atomic E-state index is 10.5. The molecule has 6 nitrogen and oxygen atoms in total. The second-order valence-corrected chi connectivity index (χ2v) is 7.16. The number of aryl methyl sites for hydroxylation is 1. The van der Waals surface area contributed by atoms with Gasteiger partial charge in [0.2, 0.25) is 0 Å². The highest BCUT2D eigenvalue weighted by molar-refractivity contribution is 6.39. The molecule has 2 aromatic carbocycles. The number of hydrogen-bond donors (Lipinski definition) is 2. The minimum atomic E-state index is -0.286. The second kappa shape index (κ2) is 7.63. The summed E-state index contributed by atoms with van der Waals surface area (Å²) in [5, 5.41) is 21.4. The number of aromatic amines is 1. The number of rotatable bonds is 4. The van der Waals surface area contributed by atoms with Crippen molar-refractivity contribution in [3.8, 4) is 11.8 Å². The smallest absolute Gasteiger partial charge is 0.164 e. The molecular formula is C21H14Cl2N4O2. The van der Waals surface area contributed by atoms with Crippen molar-refractivity contribution in [2.45, 2.75) is 6.92 Å². The van der Waals surface area contributed by atoms with E-state index in [1.807, 2.05) is 49.4 Å². The number of nitriles is 1. The number of aliphatic hydroxyl groups excluding tert-OH is 1. The zero-order valence-corrected chi connectivity index (χ0v) is 16.7. The summed E-state index contributed by atoms with van der Waals surface area (Å²) in [4.78, 5) is 11.8. The van der Waals surface area contributed by atoms with Gasteiger partial charge in [0.05, 0.1) is 21.1 Å². The Balaban J connectivity index is 1.70. The summed E-state index contributed by atoms with van der Waals surface area (Å²) in [5.74, 6) is 0.261. The van der Waals surface area contributed by atoms with Crippen LogP contribution in [0.4, 0.5) is 0 Å². The van der Waals surface area contributed by atoms with Crippen molar-refractivity contribution in [2.75, 3.05) is 6.61 Å². The van der Waals surface area contributed by atoms with E-state index in [4.69, 9.17) is 27.9 Å². The molecule has 0 fully saturated rings. The number of aromatic nitrogens is 3. The molecule has 0 saturated heterocycles. The second-order valence-electron chi connectivity index (χ2n) is 6.34. The molecule has 0 spiro atoms. The number of nitrogens with zero attached hydrogens (tertiary/aromatic N) is 3. The van der Waals surface area contributed by atoms with Crippen molar-refractivity contribution in [1.29, 1.82) is 5.26 Å². The van der Waals surface area contributed by atoms with E-state index >= 15 is 0 Å². The topological polar surface area (TPSA) is 94.8 Å². The van der Waals surface area contributed by atoms with Gasteiger partial charge in [0, 0.05) is 11.1 Å². The lowest BCUT2D eigenvalue weighted by Gasteiger charge is -2.12. The minimum Gasteiger partial charge on any atom is -0.507 e. The highest BCUT2D eigenvalue weighted by Crippen LogP contribution is 2.37. The Hall–Kier alpha value is -3.27. The van der Waals surface area contributed by atoms with Crippen LogP contribution in [0.15, 0.2) is 48.2 Å². The van der Waals surface area contributed by atoms with E-state index in [0.29, 0.717) is 21.4 Å². The molecule has 2 N–H and O–H groups in total. The van der Waals surface area contributed by atoms with Gasteiger partial charge in [-0.1, -0.05) is 35.3 Å². The first-order valence-electron chi connectivity index (χ1n) is 8.63. The van der Waals surface area contributed by atoms with Gasteiger partial charge >= 0.3 is 0 Å². The van der Waals surface area contributed by atoms with Crippen molar-refractivity contribution in [1.82, 2.24) is 15.0 Å². The maximum absolute atomic E-state index is 10.5. The largest absolute Gasteiger partial charge is 0.507 e. The molecule has 8 heteroatoms. The van der Waals surface area contributed by atoms with E-state index in [0.717, 1.165) is 11.2 Å². The van der Waals surface area contributed by atoms with Gasteiger partial charge in [-0.05, 0) is 37.3 Å². The fraction of sp³-hybridized carbons (Fsp3) is 0.0952. The summed E-state index contributed by atoms with van der Waals surface area (Å²) in [6, 6.07) is 14.5. The van der Waals surface area contributed by atoms with Crippen LogP contribution in [0.3, 0.4) is 0 Å². The van der Waals surface area contributed by atoms with Crippen LogP contribution in [0.2, 0.25) is 10.0 Å². The number of para-hydroxylation sites is 2. The molecular weight excluding hydrogens is 411 g/mol. The lowest BCUT2D eigenvalue weighted by atomic mass is 10.2. The van der Waals surface area contributed by atoms with Gasteiger partial charge < -0.3 is 14.8 Å². The van der Waals surface area contributed by atoms with Crippen LogP contribution in [0, 0.1) is 18.3 Å². The quantitative estimate of drug-likeness (QED) is 0.328. The standard InChI is InChI=1S/C21H14Cl2N4O2/c1-11-6-7-12-14(22)8-15(23)20(19(12)25-11)29-10-18(28)13(9-24)21-26-16-4-2-3-5-17(16)27-21/h2-8,28H,10H2,1H3,(H,26,27)/b18-13-. The molecule has 0 aliphatic carbocycles. The van der Waals surface area contributed by atoms with E-state index in [2.05, 4.69) is 15.0 Å². The van der Waals surface area contributed by atoms with E-state index in [1.165, 1.54) is 0 Å². The molecule has 0 bridgehead atoms. The van der Waals surface area contributed by atoms with Crippen molar-refractivity contribution in [3.63, 3.8) is 0 Å². The van der Waals surface area contributed by atoms with Crippen LogP contribution in [-0.4, -0.2) is 26.7 Å². The molecule has 0 unspecified atom stereocenters. The van der Waals surface area contributed by atoms with E-state index in [9.17, 15) is 10.4 Å². The van der Waals surface area contributed by atoms with Crippen LogP contribution >= 0.6 is 23.2 Å². The Labute approximate surface area is 176 Å². The van der Waals surface area contributed by atoms with Gasteiger partial charge in [0.1, 0.15) is 23.8 Å². The summed E-state index contributed by atoms with van der Waals surface area (Å²) in [5.41, 5.74) is 2.68. The number of hydrogen-bond acceptors (Lipinski definition) is 5. The van der Waals surface area contributed by atoms with Gasteiger partial charge in [-0.15, -0.1) is 0 Å². The monoisotopic (exact) mass is 424 g/mol. The fourth-order valence-electron chi connectivity index (χ4n) is 2.97. The third kappa shape index (κ3) is 3.58. The average Bonchev–Trinajstić information content (AvgIpc) is 3.11. The van der Waals surface area contributed by atoms with Crippen LogP contribution in [0.1, 0.15) is 11.5 Å². The molecule has 0 aliphatic heterocycles. The number of H-pyrrole nitrogens is 1. The third-order valence-electron chi connectivity index (χ3n) is 4.36. The molecule has 2 heterocycles. The predicted molar refractivity (Wildman–Crippen MR) is 113 cm³/mol. The number of aliphatic hydroxyl groups is 1. The van der Waals surface area contributed by atoms with Crippen molar-refractivity contribution < 1.29 is 9.84 Å². The van der Waals surface area contributed by atoms with E-state index < -0.39 is 0 Å². The number of halogens is 2. The van der Waals surface area contributed by atoms with E-state index in [1.54, 1.807) is 6.07 Å². The first kappa shape index (κ1) is 19.1. The lowest BCUT2D eigenvalue weighted by molar-refractivity contribution is 0.274. The molecule has 0 saturated carbocycles. The normalized spacial score (nSPS) is 12.1. The molecule has 0 aliphatic rings. The first-order chi connectivity index (χ1) is 14.0. The lowest BCUT2D eigenvalue weighted by Crippen LogP contribution is -2.05. The molecule has 29 heavy (non-hydrogen) atoms. The van der Waals surface area contributed by atoms with Gasteiger partial charge in [-0.3, -0.25) is 0 Å². The number of ether oxygens (including phenoxy) is 1. The Kier molecular flexibility index (Phi) is 5.01. The number of fused-ring (bicyclic) bond motifs is 2. The van der Waals surface area contributed by atoms with Crippen molar-refractivity contribution in [3.05, 3.63) is 69.8 Å². The highest BCUT2D eigenvalue weighted by atomic mass is 35.5. The molecule has 144 valence electrons. The Morgan fingerprint density at radius 2 is 1.97 bits per heavy atom. The van der Waals surface area contributed by atoms with Crippen LogP contribution in [-0.2, 0) is 0 Å². The van der Waals surface area contributed by atoms with Crippen molar-refractivity contribution in [2.24, 2.45) is 0 Å². The molecule has 0 amide bonds. The number of benzene rings is 2. The summed E-state index contributed by atoms with van der Waals surface area (Å²) >= 11 is 12.5. The van der Waals surface area contributed by atoms with Gasteiger partial charge in [-0.2, -0.15) is 5.26 Å². The van der Waals surface area contributed by atoms with Gasteiger partial charge in [-0.25, -0.2) is 9.97 Å². The van der Waals surface area contributed by atoms with Crippen molar-refractivity contribution >= 4 is 50.7 Å².